The zero-order chi connectivity index (χ0) is 27.0. The highest BCUT2D eigenvalue weighted by Crippen LogP contribution is 2.40. The number of alkyl halides is 3. The summed E-state index contributed by atoms with van der Waals surface area (Å²) in [5.74, 6) is 0. The van der Waals surface area contributed by atoms with Crippen LogP contribution >= 0.6 is 0 Å². The number of piperazine rings is 1. The fourth-order valence-electron chi connectivity index (χ4n) is 4.89. The smallest absolute Gasteiger partial charge is 0.416 e. The van der Waals surface area contributed by atoms with Gasteiger partial charge in [-0.2, -0.15) is 13.2 Å². The van der Waals surface area contributed by atoms with Gasteiger partial charge in [-0.3, -0.25) is 0 Å². The standard InChI is InChI=1S/C26H34F3N5O3/c1-6-36-23-30-13-18(14-31-23)32-10-9-19-20(16-32)22(8-7-21(19)26(27,28)29)33-11-12-34(17(2)15-33)24(35)37-25(3,4)5/h7-8,13-14,17H,6,9-12,15-16H2,1-5H3/t17-/m0/s1. The van der Waals surface area contributed by atoms with Gasteiger partial charge >= 0.3 is 18.3 Å². The van der Waals surface area contributed by atoms with E-state index in [1.165, 1.54) is 6.07 Å². The predicted octanol–water partition coefficient (Wildman–Crippen LogP) is 4.90. The second-order valence-corrected chi connectivity index (χ2v) is 10.4. The normalized spacial score (nSPS) is 18.5. The first-order chi connectivity index (χ1) is 17.4. The molecule has 1 saturated heterocycles. The Labute approximate surface area is 215 Å². The Balaban J connectivity index is 1.61. The average Bonchev–Trinajstić information content (AvgIpc) is 2.82. The van der Waals surface area contributed by atoms with Gasteiger partial charge in [0.15, 0.2) is 0 Å². The van der Waals surface area contributed by atoms with Gasteiger partial charge in [-0.25, -0.2) is 14.8 Å². The number of amides is 1. The van der Waals surface area contributed by atoms with Crippen LogP contribution in [-0.2, 0) is 23.9 Å². The zero-order valence-corrected chi connectivity index (χ0v) is 21.9. The third kappa shape index (κ3) is 6.02. The van der Waals surface area contributed by atoms with Crippen molar-refractivity contribution in [2.24, 2.45) is 0 Å². The van der Waals surface area contributed by atoms with Crippen molar-refractivity contribution in [2.75, 3.05) is 42.6 Å². The molecule has 2 aromatic rings. The maximum Gasteiger partial charge on any atom is 0.416 e. The number of hydrogen-bond acceptors (Lipinski definition) is 7. The molecule has 4 rings (SSSR count). The molecule has 1 aromatic carbocycles. The van der Waals surface area contributed by atoms with Crippen LogP contribution in [0, 0.1) is 0 Å². The Morgan fingerprint density at radius 3 is 2.35 bits per heavy atom. The Bertz CT molecular complexity index is 1120. The molecule has 3 heterocycles. The molecule has 8 nitrogen and oxygen atoms in total. The Morgan fingerprint density at radius 1 is 1.05 bits per heavy atom. The van der Waals surface area contributed by atoms with Gasteiger partial charge in [0.25, 0.3) is 0 Å². The number of hydrogen-bond donors (Lipinski definition) is 0. The summed E-state index contributed by atoms with van der Waals surface area (Å²) in [6.45, 7) is 11.8. The van der Waals surface area contributed by atoms with Crippen LogP contribution in [0.2, 0.25) is 0 Å². The minimum absolute atomic E-state index is 0.166. The summed E-state index contributed by atoms with van der Waals surface area (Å²) in [5, 5.41) is 0. The first kappa shape index (κ1) is 26.8. The van der Waals surface area contributed by atoms with E-state index in [0.717, 1.165) is 11.4 Å². The SMILES string of the molecule is CCOc1ncc(N2CCc3c(C(F)(F)F)ccc(N4CCN(C(=O)OC(C)(C)C)[C@@H](C)C4)c3C2)cn1. The molecule has 0 spiro atoms. The molecule has 0 N–H and O–H groups in total. The second kappa shape index (κ2) is 10.3. The topological polar surface area (TPSA) is 71.0 Å². The highest BCUT2D eigenvalue weighted by molar-refractivity contribution is 5.70. The lowest BCUT2D eigenvalue weighted by atomic mass is 9.91. The molecule has 1 atom stereocenters. The summed E-state index contributed by atoms with van der Waals surface area (Å²) in [4.78, 5) is 26.8. The van der Waals surface area contributed by atoms with Gasteiger partial charge in [0.05, 0.1) is 30.3 Å². The summed E-state index contributed by atoms with van der Waals surface area (Å²) in [6.07, 6.45) is -1.29. The number of carbonyl (C=O) groups excluding carboxylic acids is 1. The molecule has 0 radical (unpaired) electrons. The van der Waals surface area contributed by atoms with Crippen molar-refractivity contribution in [1.82, 2.24) is 14.9 Å². The lowest BCUT2D eigenvalue weighted by Crippen LogP contribution is -2.55. The number of fused-ring (bicyclic) bond motifs is 1. The molecular weight excluding hydrogens is 487 g/mol. The summed E-state index contributed by atoms with van der Waals surface area (Å²) >= 11 is 0. The van der Waals surface area contributed by atoms with Crippen LogP contribution in [0.4, 0.5) is 29.3 Å². The number of aromatic nitrogens is 2. The maximum atomic E-state index is 13.9. The summed E-state index contributed by atoms with van der Waals surface area (Å²) in [7, 11) is 0. The minimum atomic E-state index is -4.43. The van der Waals surface area contributed by atoms with Crippen LogP contribution in [0.5, 0.6) is 6.01 Å². The van der Waals surface area contributed by atoms with Crippen molar-refractivity contribution < 1.29 is 27.4 Å². The van der Waals surface area contributed by atoms with Gasteiger partial charge in [0.1, 0.15) is 5.60 Å². The third-order valence-electron chi connectivity index (χ3n) is 6.54. The van der Waals surface area contributed by atoms with E-state index >= 15 is 0 Å². The Morgan fingerprint density at radius 2 is 1.76 bits per heavy atom. The number of nitrogens with zero attached hydrogens (tertiary/aromatic N) is 5. The van der Waals surface area contributed by atoms with E-state index in [1.54, 1.807) is 23.4 Å². The number of anilines is 2. The molecule has 0 aliphatic carbocycles. The fourth-order valence-corrected chi connectivity index (χ4v) is 4.89. The third-order valence-corrected chi connectivity index (χ3v) is 6.54. The van der Waals surface area contributed by atoms with E-state index in [9.17, 15) is 18.0 Å². The number of halogens is 3. The van der Waals surface area contributed by atoms with Gasteiger partial charge < -0.3 is 24.2 Å². The molecule has 0 bridgehead atoms. The summed E-state index contributed by atoms with van der Waals surface area (Å²) in [5.41, 5.74) is 1.27. The van der Waals surface area contributed by atoms with Crippen LogP contribution in [0.1, 0.15) is 51.3 Å². The summed E-state index contributed by atoms with van der Waals surface area (Å²) in [6, 6.07) is 2.85. The Hall–Kier alpha value is -3.24. The molecule has 1 amide bonds. The van der Waals surface area contributed by atoms with E-state index in [1.807, 2.05) is 39.5 Å². The number of rotatable bonds is 4. The number of benzene rings is 1. The fraction of sp³-hybridized carbons (Fsp3) is 0.577. The van der Waals surface area contributed by atoms with Gasteiger partial charge in [-0.05, 0) is 64.3 Å². The van der Waals surface area contributed by atoms with Gasteiger partial charge in [-0.15, -0.1) is 0 Å². The van der Waals surface area contributed by atoms with E-state index in [2.05, 4.69) is 14.9 Å². The van der Waals surface area contributed by atoms with Crippen LogP contribution in [0.25, 0.3) is 0 Å². The summed E-state index contributed by atoms with van der Waals surface area (Å²) < 4.78 is 52.6. The molecule has 37 heavy (non-hydrogen) atoms. The largest absolute Gasteiger partial charge is 0.464 e. The van der Waals surface area contributed by atoms with Crippen molar-refractivity contribution >= 4 is 17.5 Å². The molecule has 202 valence electrons. The van der Waals surface area contributed by atoms with Crippen LogP contribution in [0.15, 0.2) is 24.5 Å². The van der Waals surface area contributed by atoms with Gasteiger partial charge in [-0.1, -0.05) is 0 Å². The molecule has 0 unspecified atom stereocenters. The van der Waals surface area contributed by atoms with Crippen LogP contribution < -0.4 is 14.5 Å². The van der Waals surface area contributed by atoms with Crippen molar-refractivity contribution in [3.05, 3.63) is 41.2 Å². The Kier molecular flexibility index (Phi) is 7.43. The number of ether oxygens (including phenoxy) is 2. The lowest BCUT2D eigenvalue weighted by Gasteiger charge is -2.43. The van der Waals surface area contributed by atoms with Crippen molar-refractivity contribution in [3.63, 3.8) is 0 Å². The van der Waals surface area contributed by atoms with Crippen LogP contribution in [-0.4, -0.2) is 65.4 Å². The van der Waals surface area contributed by atoms with E-state index < -0.39 is 17.3 Å². The minimum Gasteiger partial charge on any atom is -0.464 e. The van der Waals surface area contributed by atoms with E-state index in [-0.39, 0.29) is 24.6 Å². The molecule has 2 aliphatic rings. The highest BCUT2D eigenvalue weighted by Gasteiger charge is 2.38. The first-order valence-electron chi connectivity index (χ1n) is 12.5. The maximum absolute atomic E-state index is 13.9. The molecule has 11 heteroatoms. The van der Waals surface area contributed by atoms with Gasteiger partial charge in [0.2, 0.25) is 0 Å². The zero-order valence-electron chi connectivity index (χ0n) is 21.9. The molecular formula is C26H34F3N5O3. The first-order valence-corrected chi connectivity index (χ1v) is 12.5. The van der Waals surface area contributed by atoms with E-state index in [0.29, 0.717) is 50.5 Å². The predicted molar refractivity (Wildman–Crippen MR) is 134 cm³/mol. The monoisotopic (exact) mass is 521 g/mol. The van der Waals surface area contributed by atoms with Gasteiger partial charge in [0, 0.05) is 44.5 Å². The average molecular weight is 522 g/mol. The quantitative estimate of drug-likeness (QED) is 0.567. The highest BCUT2D eigenvalue weighted by atomic mass is 19.4. The van der Waals surface area contributed by atoms with Crippen molar-refractivity contribution in [3.8, 4) is 6.01 Å². The number of carbonyl (C=O) groups is 1. The van der Waals surface area contributed by atoms with Crippen LogP contribution in [0.3, 0.4) is 0 Å². The molecule has 0 saturated carbocycles. The second-order valence-electron chi connectivity index (χ2n) is 10.4. The van der Waals surface area contributed by atoms with E-state index in [4.69, 9.17) is 9.47 Å². The molecule has 2 aliphatic heterocycles. The lowest BCUT2D eigenvalue weighted by molar-refractivity contribution is -0.138. The molecule has 1 aromatic heterocycles. The van der Waals surface area contributed by atoms with Crippen molar-refractivity contribution in [2.45, 2.75) is 65.4 Å². The molecule has 1 fully saturated rings. The van der Waals surface area contributed by atoms with Crippen molar-refractivity contribution in [1.29, 1.82) is 0 Å².